The second-order valence-corrected chi connectivity index (χ2v) is 3.15. The van der Waals surface area contributed by atoms with E-state index in [0.29, 0.717) is 5.56 Å². The molecular formula is C10H10F2N2. The summed E-state index contributed by atoms with van der Waals surface area (Å²) >= 11 is 0. The maximum Gasteiger partial charge on any atom is 0.257 e. The summed E-state index contributed by atoms with van der Waals surface area (Å²) in [6, 6.07) is 6.04. The number of aromatic amines is 1. The van der Waals surface area contributed by atoms with Crippen LogP contribution in [0, 0.1) is 0 Å². The zero-order valence-electron chi connectivity index (χ0n) is 7.37. The Morgan fingerprint density at radius 1 is 1.21 bits per heavy atom. The lowest BCUT2D eigenvalue weighted by molar-refractivity contribution is 0.117. The van der Waals surface area contributed by atoms with Gasteiger partial charge in [-0.1, -0.05) is 18.2 Å². The summed E-state index contributed by atoms with van der Waals surface area (Å²) in [5.41, 5.74) is 6.68. The molecule has 0 radical (unpaired) electrons. The van der Waals surface area contributed by atoms with E-state index in [1.165, 1.54) is 0 Å². The molecule has 74 valence electrons. The van der Waals surface area contributed by atoms with Crippen LogP contribution in [0.5, 0.6) is 0 Å². The Morgan fingerprint density at radius 2 is 1.93 bits per heavy atom. The van der Waals surface area contributed by atoms with Crippen molar-refractivity contribution in [3.8, 4) is 0 Å². The Labute approximate surface area is 79.7 Å². The summed E-state index contributed by atoms with van der Waals surface area (Å²) in [5.74, 6) is 0. The fourth-order valence-electron chi connectivity index (χ4n) is 1.51. The average Bonchev–Trinajstić information content (AvgIpc) is 2.60. The first-order valence-electron chi connectivity index (χ1n) is 4.30. The number of nitrogens with two attached hydrogens (primary N) is 1. The molecule has 0 unspecified atom stereocenters. The zero-order valence-corrected chi connectivity index (χ0v) is 7.37. The van der Waals surface area contributed by atoms with Crippen LogP contribution < -0.4 is 5.73 Å². The highest BCUT2D eigenvalue weighted by atomic mass is 19.3. The van der Waals surface area contributed by atoms with Gasteiger partial charge < -0.3 is 10.7 Å². The zero-order chi connectivity index (χ0) is 10.1. The van der Waals surface area contributed by atoms with Gasteiger partial charge in [0.05, 0.1) is 6.04 Å². The summed E-state index contributed by atoms with van der Waals surface area (Å²) in [6.07, 6.45) is -0.990. The Kier molecular flexibility index (Phi) is 2.21. The first kappa shape index (κ1) is 9.15. The maximum atomic E-state index is 12.4. The predicted octanol–water partition coefficient (Wildman–Crippen LogP) is 2.43. The third kappa shape index (κ3) is 1.37. The number of halogens is 2. The molecule has 1 aromatic carbocycles. The lowest BCUT2D eigenvalue weighted by atomic mass is 10.1. The van der Waals surface area contributed by atoms with Crippen LogP contribution in [-0.2, 0) is 0 Å². The van der Waals surface area contributed by atoms with Gasteiger partial charge in [0, 0.05) is 17.1 Å². The highest BCUT2D eigenvalue weighted by Crippen LogP contribution is 2.25. The van der Waals surface area contributed by atoms with Crippen LogP contribution in [0.2, 0.25) is 0 Å². The molecule has 0 saturated carbocycles. The van der Waals surface area contributed by atoms with Gasteiger partial charge >= 0.3 is 0 Å². The first-order chi connectivity index (χ1) is 6.70. The molecule has 0 saturated heterocycles. The number of hydrogen-bond acceptors (Lipinski definition) is 1. The Morgan fingerprint density at radius 3 is 2.64 bits per heavy atom. The van der Waals surface area contributed by atoms with E-state index in [1.54, 1.807) is 18.3 Å². The number of alkyl halides is 2. The molecule has 0 fully saturated rings. The molecule has 2 aromatic rings. The topological polar surface area (TPSA) is 41.8 Å². The molecule has 4 heteroatoms. The molecule has 1 atom stereocenters. The Balaban J connectivity index is 2.53. The van der Waals surface area contributed by atoms with Crippen LogP contribution in [0.15, 0.2) is 30.5 Å². The highest BCUT2D eigenvalue weighted by Gasteiger charge is 2.20. The normalized spacial score (nSPS) is 13.7. The van der Waals surface area contributed by atoms with Crippen molar-refractivity contribution in [1.82, 2.24) is 4.98 Å². The Hall–Kier alpha value is -1.42. The standard InChI is InChI=1S/C10H10F2N2/c11-10(12)9(13)7-5-14-8-4-2-1-3-6(7)8/h1-5,9-10,14H,13H2/t9-/m0/s1. The van der Waals surface area contributed by atoms with Crippen molar-refractivity contribution in [1.29, 1.82) is 0 Å². The molecule has 0 amide bonds. The number of benzene rings is 1. The largest absolute Gasteiger partial charge is 0.361 e. The van der Waals surface area contributed by atoms with Crippen molar-refractivity contribution in [3.63, 3.8) is 0 Å². The van der Waals surface area contributed by atoms with E-state index in [1.807, 2.05) is 12.1 Å². The van der Waals surface area contributed by atoms with E-state index < -0.39 is 12.5 Å². The molecule has 0 aliphatic heterocycles. The number of rotatable bonds is 2. The van der Waals surface area contributed by atoms with Crippen molar-refractivity contribution in [2.75, 3.05) is 0 Å². The quantitative estimate of drug-likeness (QED) is 0.761. The molecule has 1 heterocycles. The molecule has 1 aromatic heterocycles. The van der Waals surface area contributed by atoms with Crippen LogP contribution >= 0.6 is 0 Å². The van der Waals surface area contributed by atoms with Crippen LogP contribution in [0.3, 0.4) is 0 Å². The van der Waals surface area contributed by atoms with Gasteiger partial charge in [-0.05, 0) is 11.6 Å². The van der Waals surface area contributed by atoms with E-state index in [9.17, 15) is 8.78 Å². The van der Waals surface area contributed by atoms with Crippen molar-refractivity contribution in [2.45, 2.75) is 12.5 Å². The first-order valence-corrected chi connectivity index (χ1v) is 4.30. The number of hydrogen-bond donors (Lipinski definition) is 2. The summed E-state index contributed by atoms with van der Waals surface area (Å²) in [7, 11) is 0. The van der Waals surface area contributed by atoms with Crippen molar-refractivity contribution in [2.24, 2.45) is 5.73 Å². The lowest BCUT2D eigenvalue weighted by Gasteiger charge is -2.08. The molecule has 0 aliphatic carbocycles. The van der Waals surface area contributed by atoms with Gasteiger partial charge in [-0.3, -0.25) is 0 Å². The highest BCUT2D eigenvalue weighted by molar-refractivity contribution is 5.83. The van der Waals surface area contributed by atoms with E-state index in [2.05, 4.69) is 4.98 Å². The van der Waals surface area contributed by atoms with Crippen LogP contribution in [0.1, 0.15) is 11.6 Å². The number of H-pyrrole nitrogens is 1. The lowest BCUT2D eigenvalue weighted by Crippen LogP contribution is -2.18. The number of aromatic nitrogens is 1. The van der Waals surface area contributed by atoms with Crippen LogP contribution in [0.4, 0.5) is 8.78 Å². The summed E-state index contributed by atoms with van der Waals surface area (Å²) < 4.78 is 24.8. The molecule has 14 heavy (non-hydrogen) atoms. The summed E-state index contributed by atoms with van der Waals surface area (Å²) in [4.78, 5) is 2.91. The average molecular weight is 196 g/mol. The van der Waals surface area contributed by atoms with Gasteiger partial charge in [-0.15, -0.1) is 0 Å². The number of para-hydroxylation sites is 1. The van der Waals surface area contributed by atoms with Gasteiger partial charge in [0.2, 0.25) is 0 Å². The summed E-state index contributed by atoms with van der Waals surface area (Å²) in [5, 5.41) is 0.764. The van der Waals surface area contributed by atoms with Crippen LogP contribution in [0.25, 0.3) is 10.9 Å². The monoisotopic (exact) mass is 196 g/mol. The second kappa shape index (κ2) is 3.38. The van der Waals surface area contributed by atoms with Crippen molar-refractivity contribution >= 4 is 10.9 Å². The third-order valence-electron chi connectivity index (χ3n) is 2.25. The minimum Gasteiger partial charge on any atom is -0.361 e. The molecule has 0 aliphatic rings. The van der Waals surface area contributed by atoms with Gasteiger partial charge in [0.25, 0.3) is 6.43 Å². The van der Waals surface area contributed by atoms with Crippen molar-refractivity contribution < 1.29 is 8.78 Å². The number of fused-ring (bicyclic) bond motifs is 1. The molecule has 0 bridgehead atoms. The smallest absolute Gasteiger partial charge is 0.257 e. The molecular weight excluding hydrogens is 186 g/mol. The van der Waals surface area contributed by atoms with Crippen LogP contribution in [-0.4, -0.2) is 11.4 Å². The van der Waals surface area contributed by atoms with E-state index >= 15 is 0 Å². The van der Waals surface area contributed by atoms with Crippen molar-refractivity contribution in [3.05, 3.63) is 36.0 Å². The maximum absolute atomic E-state index is 12.4. The molecule has 2 nitrogen and oxygen atoms in total. The molecule has 0 spiro atoms. The van der Waals surface area contributed by atoms with Gasteiger partial charge in [-0.25, -0.2) is 8.78 Å². The molecule has 3 N–H and O–H groups in total. The number of nitrogens with one attached hydrogen (secondary N) is 1. The molecule has 2 rings (SSSR count). The predicted molar refractivity (Wildman–Crippen MR) is 51.2 cm³/mol. The van der Waals surface area contributed by atoms with E-state index in [-0.39, 0.29) is 0 Å². The SMILES string of the molecule is N[C@@H](c1c[nH]c2ccccc12)C(F)F. The fraction of sp³-hybridized carbons (Fsp3) is 0.200. The van der Waals surface area contributed by atoms with E-state index in [0.717, 1.165) is 10.9 Å². The van der Waals surface area contributed by atoms with Gasteiger partial charge in [0.15, 0.2) is 0 Å². The van der Waals surface area contributed by atoms with Gasteiger partial charge in [-0.2, -0.15) is 0 Å². The fourth-order valence-corrected chi connectivity index (χ4v) is 1.51. The van der Waals surface area contributed by atoms with E-state index in [4.69, 9.17) is 5.73 Å². The third-order valence-corrected chi connectivity index (χ3v) is 2.25. The minimum atomic E-state index is -2.53. The second-order valence-electron chi connectivity index (χ2n) is 3.15. The Bertz CT molecular complexity index is 436. The van der Waals surface area contributed by atoms with Gasteiger partial charge in [0.1, 0.15) is 0 Å². The summed E-state index contributed by atoms with van der Waals surface area (Å²) in [6.45, 7) is 0. The minimum absolute atomic E-state index is 0.468.